The van der Waals surface area contributed by atoms with E-state index in [0.717, 1.165) is 43.0 Å². The highest BCUT2D eigenvalue weighted by Crippen LogP contribution is 2.31. The Balaban J connectivity index is 1.42. The fraction of sp³-hybridized carbons (Fsp3) is 0.500. The van der Waals surface area contributed by atoms with E-state index in [9.17, 15) is 5.11 Å². The van der Waals surface area contributed by atoms with Crippen LogP contribution in [-0.4, -0.2) is 58.1 Å². The Hall–Kier alpha value is -3.47. The summed E-state index contributed by atoms with van der Waals surface area (Å²) in [4.78, 5) is 15.8. The molecule has 0 spiro atoms. The number of fused-ring (bicyclic) bond motifs is 1. The van der Waals surface area contributed by atoms with E-state index in [2.05, 4.69) is 20.0 Å². The zero-order chi connectivity index (χ0) is 23.3. The molecular formula is C22H29N9O2. The third-order valence-corrected chi connectivity index (χ3v) is 6.55. The fourth-order valence-corrected chi connectivity index (χ4v) is 4.25. The van der Waals surface area contributed by atoms with E-state index < -0.39 is 5.60 Å². The third-order valence-electron chi connectivity index (χ3n) is 6.55. The summed E-state index contributed by atoms with van der Waals surface area (Å²) in [6.07, 6.45) is 8.94. The van der Waals surface area contributed by atoms with Crippen molar-refractivity contribution in [1.29, 1.82) is 0 Å². The standard InChI is InChI=1S/C22H29N9O2/c1-13-17(20-24-7-9-33-20)26-21(23)31-19(13)27-18(28-31)15-6-5-8-29(11-15)16-10-25-30(12-16)14(2)22(3,4)32/h7,9-10,12,14-15,32H,5-6,8,11H2,1-4H3,(H2,23,26)/t14?,15-/m1/s1. The molecule has 5 heterocycles. The molecule has 33 heavy (non-hydrogen) atoms. The fourth-order valence-electron chi connectivity index (χ4n) is 4.25. The molecule has 0 aromatic carbocycles. The second kappa shape index (κ2) is 7.84. The van der Waals surface area contributed by atoms with Gasteiger partial charge >= 0.3 is 0 Å². The summed E-state index contributed by atoms with van der Waals surface area (Å²) in [5, 5.41) is 19.5. The van der Waals surface area contributed by atoms with Gasteiger partial charge in [0.2, 0.25) is 11.8 Å². The normalized spacial score (nSPS) is 18.2. The number of aryl methyl sites for hydroxylation is 1. The van der Waals surface area contributed by atoms with Crippen LogP contribution in [0.5, 0.6) is 0 Å². The number of hydrogen-bond donors (Lipinski definition) is 2. The minimum atomic E-state index is -0.857. The molecule has 1 unspecified atom stereocenters. The Bertz CT molecular complexity index is 1270. The van der Waals surface area contributed by atoms with Gasteiger partial charge in [-0.25, -0.2) is 15.0 Å². The lowest BCUT2D eigenvalue weighted by molar-refractivity contribution is 0.0258. The molecule has 11 heteroatoms. The summed E-state index contributed by atoms with van der Waals surface area (Å²) in [7, 11) is 0. The first-order valence-corrected chi connectivity index (χ1v) is 11.2. The molecule has 1 saturated heterocycles. The summed E-state index contributed by atoms with van der Waals surface area (Å²) < 4.78 is 8.83. The van der Waals surface area contributed by atoms with Crippen LogP contribution in [0.3, 0.4) is 0 Å². The summed E-state index contributed by atoms with van der Waals surface area (Å²) in [5.74, 6) is 1.56. The minimum Gasteiger partial charge on any atom is -0.443 e. The lowest BCUT2D eigenvalue weighted by Gasteiger charge is -2.32. The Morgan fingerprint density at radius 3 is 2.85 bits per heavy atom. The van der Waals surface area contributed by atoms with Crippen LogP contribution >= 0.6 is 0 Å². The van der Waals surface area contributed by atoms with Gasteiger partial charge in [0.05, 0.1) is 29.7 Å². The predicted molar refractivity (Wildman–Crippen MR) is 123 cm³/mol. The maximum atomic E-state index is 10.3. The Labute approximate surface area is 191 Å². The van der Waals surface area contributed by atoms with E-state index >= 15 is 0 Å². The van der Waals surface area contributed by atoms with E-state index in [1.807, 2.05) is 30.9 Å². The van der Waals surface area contributed by atoms with Crippen molar-refractivity contribution >= 4 is 17.3 Å². The zero-order valence-corrected chi connectivity index (χ0v) is 19.3. The van der Waals surface area contributed by atoms with Gasteiger partial charge < -0.3 is 20.2 Å². The molecule has 2 atom stereocenters. The van der Waals surface area contributed by atoms with Crippen molar-refractivity contribution in [1.82, 2.24) is 34.3 Å². The van der Waals surface area contributed by atoms with E-state index in [0.29, 0.717) is 17.2 Å². The number of rotatable bonds is 5. The number of aromatic nitrogens is 7. The second-order valence-electron chi connectivity index (χ2n) is 9.28. The largest absolute Gasteiger partial charge is 0.443 e. The molecule has 0 aliphatic carbocycles. The molecule has 174 valence electrons. The van der Waals surface area contributed by atoms with Crippen LogP contribution in [0.4, 0.5) is 11.6 Å². The van der Waals surface area contributed by atoms with E-state index in [1.54, 1.807) is 24.6 Å². The Morgan fingerprint density at radius 2 is 2.12 bits per heavy atom. The molecule has 1 fully saturated rings. The topological polar surface area (TPSA) is 136 Å². The molecule has 0 bridgehead atoms. The minimum absolute atomic E-state index is 0.136. The summed E-state index contributed by atoms with van der Waals surface area (Å²) in [6, 6.07) is -0.136. The summed E-state index contributed by atoms with van der Waals surface area (Å²) >= 11 is 0. The van der Waals surface area contributed by atoms with Crippen LogP contribution in [0.25, 0.3) is 17.2 Å². The highest BCUT2D eigenvalue weighted by Gasteiger charge is 2.29. The maximum Gasteiger partial charge on any atom is 0.245 e. The van der Waals surface area contributed by atoms with Crippen LogP contribution in [0, 0.1) is 6.92 Å². The van der Waals surface area contributed by atoms with Crippen molar-refractivity contribution in [2.45, 2.75) is 58.1 Å². The van der Waals surface area contributed by atoms with Crippen molar-refractivity contribution in [3.05, 3.63) is 36.2 Å². The molecule has 3 N–H and O–H groups in total. The molecule has 1 aliphatic heterocycles. The predicted octanol–water partition coefficient (Wildman–Crippen LogP) is 2.58. The molecule has 0 saturated carbocycles. The number of oxazole rings is 1. The number of aliphatic hydroxyl groups is 1. The molecular weight excluding hydrogens is 422 g/mol. The van der Waals surface area contributed by atoms with Gasteiger partial charge in [-0.05, 0) is 40.5 Å². The van der Waals surface area contributed by atoms with E-state index in [4.69, 9.17) is 20.2 Å². The summed E-state index contributed by atoms with van der Waals surface area (Å²) in [6.45, 7) is 9.18. The highest BCUT2D eigenvalue weighted by atomic mass is 16.3. The van der Waals surface area contributed by atoms with Crippen LogP contribution in [0.15, 0.2) is 29.3 Å². The van der Waals surface area contributed by atoms with Gasteiger partial charge in [-0.15, -0.1) is 5.10 Å². The molecule has 4 aromatic rings. The first-order valence-electron chi connectivity index (χ1n) is 11.2. The Kier molecular flexibility index (Phi) is 5.08. The quantitative estimate of drug-likeness (QED) is 0.469. The van der Waals surface area contributed by atoms with Gasteiger partial charge in [-0.1, -0.05) is 0 Å². The monoisotopic (exact) mass is 451 g/mol. The van der Waals surface area contributed by atoms with Gasteiger partial charge in [0, 0.05) is 30.8 Å². The third kappa shape index (κ3) is 3.82. The van der Waals surface area contributed by atoms with Gasteiger partial charge in [-0.2, -0.15) is 9.61 Å². The van der Waals surface area contributed by atoms with Gasteiger partial charge in [0.1, 0.15) is 12.0 Å². The molecule has 0 amide bonds. The number of nitrogens with zero attached hydrogens (tertiary/aromatic N) is 8. The van der Waals surface area contributed by atoms with Crippen LogP contribution in [0.2, 0.25) is 0 Å². The van der Waals surface area contributed by atoms with Crippen LogP contribution in [0.1, 0.15) is 57.0 Å². The van der Waals surface area contributed by atoms with Gasteiger partial charge in [0.15, 0.2) is 11.5 Å². The molecule has 11 nitrogen and oxygen atoms in total. The number of nitrogens with two attached hydrogens (primary N) is 1. The lowest BCUT2D eigenvalue weighted by Crippen LogP contribution is -2.34. The first kappa shape index (κ1) is 21.4. The number of nitrogen functional groups attached to an aromatic ring is 1. The van der Waals surface area contributed by atoms with E-state index in [1.165, 1.54) is 6.26 Å². The lowest BCUT2D eigenvalue weighted by atomic mass is 9.97. The second-order valence-corrected chi connectivity index (χ2v) is 9.28. The first-order chi connectivity index (χ1) is 15.7. The average molecular weight is 452 g/mol. The molecule has 4 aromatic heterocycles. The Morgan fingerprint density at radius 1 is 1.30 bits per heavy atom. The molecule has 1 aliphatic rings. The smallest absolute Gasteiger partial charge is 0.245 e. The zero-order valence-electron chi connectivity index (χ0n) is 19.3. The number of anilines is 2. The van der Waals surface area contributed by atoms with Crippen molar-refractivity contribution in [2.24, 2.45) is 0 Å². The summed E-state index contributed by atoms with van der Waals surface area (Å²) in [5.41, 5.74) is 8.42. The van der Waals surface area contributed by atoms with Gasteiger partial charge in [-0.3, -0.25) is 4.68 Å². The maximum absolute atomic E-state index is 10.3. The van der Waals surface area contributed by atoms with Crippen molar-refractivity contribution in [2.75, 3.05) is 23.7 Å². The number of piperidine rings is 1. The SMILES string of the molecule is Cc1c(-c2ncco2)nc(N)n2nc([C@@H]3CCCN(c4cnn(C(C)C(C)(C)O)c4)C3)nc12. The van der Waals surface area contributed by atoms with Crippen molar-refractivity contribution < 1.29 is 9.52 Å². The van der Waals surface area contributed by atoms with Crippen molar-refractivity contribution in [3.8, 4) is 11.6 Å². The van der Waals surface area contributed by atoms with E-state index in [-0.39, 0.29) is 17.9 Å². The van der Waals surface area contributed by atoms with Crippen LogP contribution in [-0.2, 0) is 0 Å². The molecule has 5 rings (SSSR count). The van der Waals surface area contributed by atoms with Crippen LogP contribution < -0.4 is 10.6 Å². The average Bonchev–Trinajstić information content (AvgIpc) is 3.55. The van der Waals surface area contributed by atoms with Crippen molar-refractivity contribution in [3.63, 3.8) is 0 Å². The van der Waals surface area contributed by atoms with Gasteiger partial charge in [0.25, 0.3) is 0 Å². The molecule has 0 radical (unpaired) electrons. The number of hydrogen-bond acceptors (Lipinski definition) is 9. The highest BCUT2D eigenvalue weighted by molar-refractivity contribution is 5.65.